The third kappa shape index (κ3) is 2.18. The van der Waals surface area contributed by atoms with Crippen molar-refractivity contribution in [1.29, 1.82) is 0 Å². The molecule has 2 heterocycles. The van der Waals surface area contributed by atoms with Crippen molar-refractivity contribution >= 4 is 32.2 Å². The summed E-state index contributed by atoms with van der Waals surface area (Å²) in [4.78, 5) is 55.6. The molecule has 0 N–H and O–H groups in total. The lowest BCUT2D eigenvalue weighted by atomic mass is 9.68. The minimum atomic E-state index is -4.26. The lowest BCUT2D eigenvalue weighted by Gasteiger charge is -2.56. The van der Waals surface area contributed by atoms with Crippen LogP contribution in [0.3, 0.4) is 0 Å². The molecule has 8 atom stereocenters. The van der Waals surface area contributed by atoms with Crippen molar-refractivity contribution in [3.63, 3.8) is 0 Å². The molecule has 4 aliphatic carbocycles. The fourth-order valence-electron chi connectivity index (χ4n) is 8.89. The first-order valence-corrected chi connectivity index (χ1v) is 15.1. The van der Waals surface area contributed by atoms with Crippen molar-refractivity contribution in [2.24, 2.45) is 45.3 Å². The van der Waals surface area contributed by atoms with E-state index in [4.69, 9.17) is 17.7 Å². The Morgan fingerprint density at radius 3 is 0.730 bits per heavy atom. The van der Waals surface area contributed by atoms with Crippen molar-refractivity contribution in [2.45, 2.75) is 105 Å². The second-order valence-corrected chi connectivity index (χ2v) is 17.0. The van der Waals surface area contributed by atoms with Gasteiger partial charge in [0.1, 0.15) is 23.1 Å². The predicted octanol–water partition coefficient (Wildman–Crippen LogP) is 3.45. The second kappa shape index (κ2) is 6.07. The van der Waals surface area contributed by atoms with E-state index >= 15 is 0 Å². The van der Waals surface area contributed by atoms with E-state index in [2.05, 4.69) is 0 Å². The Balaban J connectivity index is 1.65. The van der Waals surface area contributed by atoms with Crippen molar-refractivity contribution in [2.75, 3.05) is 0 Å². The summed E-state index contributed by atoms with van der Waals surface area (Å²) >= 11 is 0. The van der Waals surface area contributed by atoms with Crippen molar-refractivity contribution in [3.05, 3.63) is 0 Å². The number of carbonyl (C=O) groups excluding carboxylic acids is 4. The van der Waals surface area contributed by atoms with Gasteiger partial charge in [-0.3, -0.25) is 19.2 Å². The van der Waals surface area contributed by atoms with Crippen LogP contribution in [0.2, 0.25) is 0 Å². The largest absolute Gasteiger partial charge is 0.681 e. The van der Waals surface area contributed by atoms with Gasteiger partial charge in [-0.15, -0.1) is 0 Å². The lowest BCUT2D eigenvalue weighted by molar-refractivity contribution is -0.230. The molecule has 8 nitrogen and oxygen atoms in total. The number of Topliss-reactive ketones (excluding diaryl/α,β-unsaturated/α-hetero) is 4. The van der Waals surface area contributed by atoms with E-state index in [-0.39, 0.29) is 23.1 Å². The van der Waals surface area contributed by atoms with Crippen LogP contribution in [0.4, 0.5) is 0 Å². The van der Waals surface area contributed by atoms with Gasteiger partial charge >= 0.3 is 9.05 Å². The molecule has 6 rings (SSSR count). The topological polar surface area (TPSA) is 105 Å². The summed E-state index contributed by atoms with van der Waals surface area (Å²) in [6.07, 6.45) is 0. The first-order chi connectivity index (χ1) is 16.4. The molecular weight excluding hydrogens is 492 g/mol. The number of hydrogen-bond acceptors (Lipinski definition) is 8. The fourth-order valence-corrected chi connectivity index (χ4v) is 12.8. The summed E-state index contributed by atoms with van der Waals surface area (Å²) in [6, 6.07) is 0. The summed E-state index contributed by atoms with van der Waals surface area (Å²) in [5.41, 5.74) is -9.12. The molecule has 8 bridgehead atoms. The minimum Gasteiger partial charge on any atom is -0.344 e. The maximum atomic E-state index is 13.9. The Kier molecular flexibility index (Phi) is 4.26. The standard InChI is InChI=1S/C28H40O8Si/c1-21(2)17(29)13-14-18(30)22(3,4)26(13,10)34-37(33-25(14,21)9)35-27(11)16-15(19(31)23(27,5)6)28(12,36-37)24(7,8)20(16)32/h13-16H,1-12H3/t13-,14-,15+,16+,25+,26+,27-,28-. The summed E-state index contributed by atoms with van der Waals surface area (Å²) in [5, 5.41) is 0. The van der Waals surface area contributed by atoms with Crippen LogP contribution in [-0.4, -0.2) is 54.6 Å². The molecule has 0 aromatic heterocycles. The highest BCUT2D eigenvalue weighted by molar-refractivity contribution is 6.55. The predicted molar refractivity (Wildman–Crippen MR) is 133 cm³/mol. The summed E-state index contributed by atoms with van der Waals surface area (Å²) in [5.74, 6) is -3.16. The maximum Gasteiger partial charge on any atom is 0.681 e. The van der Waals surface area contributed by atoms with E-state index in [1.54, 1.807) is 0 Å². The second-order valence-electron chi connectivity index (χ2n) is 15.2. The van der Waals surface area contributed by atoms with Gasteiger partial charge in [0, 0.05) is 0 Å². The fraction of sp³-hybridized carbons (Fsp3) is 0.857. The molecule has 0 aromatic rings. The van der Waals surface area contributed by atoms with Crippen molar-refractivity contribution in [3.8, 4) is 0 Å². The molecule has 9 heteroatoms. The SMILES string of the molecule is CC1(C)C(=O)[C@H]2[C@@H]3C(=O)C(C)(C)[C@@]2(C)O[Si]2(O[C@@]31C)O[C@]1(C)[C@@H]3C(=O)C(C)(C)[C@](C)(O2)[C@@H]3C(=O)C1(C)C. The Morgan fingerprint density at radius 1 is 0.405 bits per heavy atom. The molecule has 204 valence electrons. The molecule has 6 fully saturated rings. The van der Waals surface area contributed by atoms with Crippen molar-refractivity contribution in [1.82, 2.24) is 0 Å². The zero-order chi connectivity index (χ0) is 27.9. The van der Waals surface area contributed by atoms with Crippen LogP contribution in [0.1, 0.15) is 83.1 Å². The highest BCUT2D eigenvalue weighted by Crippen LogP contribution is 2.73. The number of carbonyl (C=O) groups is 4. The Morgan fingerprint density at radius 2 is 0.568 bits per heavy atom. The van der Waals surface area contributed by atoms with E-state index in [0.29, 0.717) is 0 Å². The third-order valence-corrected chi connectivity index (χ3v) is 15.6. The minimum absolute atomic E-state index is 0.0645. The third-order valence-electron chi connectivity index (χ3n) is 12.9. The number of rotatable bonds is 0. The highest BCUT2D eigenvalue weighted by Gasteiger charge is 2.89. The monoisotopic (exact) mass is 532 g/mol. The van der Waals surface area contributed by atoms with Crippen LogP contribution in [-0.2, 0) is 36.9 Å². The average molecular weight is 533 g/mol. The van der Waals surface area contributed by atoms with Gasteiger partial charge in [-0.05, 0) is 27.7 Å². The van der Waals surface area contributed by atoms with Gasteiger partial charge in [0.15, 0.2) is 0 Å². The first-order valence-electron chi connectivity index (χ1n) is 13.4. The van der Waals surface area contributed by atoms with E-state index in [1.165, 1.54) is 0 Å². The van der Waals surface area contributed by atoms with Gasteiger partial charge in [0.25, 0.3) is 0 Å². The molecule has 2 saturated heterocycles. The average Bonchev–Trinajstić information content (AvgIpc) is 3.07. The van der Waals surface area contributed by atoms with Crippen LogP contribution in [0.25, 0.3) is 0 Å². The molecular formula is C28H40O8Si. The summed E-state index contributed by atoms with van der Waals surface area (Å²) < 4.78 is 27.8. The zero-order valence-corrected chi connectivity index (χ0v) is 25.1. The van der Waals surface area contributed by atoms with Gasteiger partial charge in [0.05, 0.1) is 67.7 Å². The molecule has 37 heavy (non-hydrogen) atoms. The van der Waals surface area contributed by atoms with Gasteiger partial charge < -0.3 is 17.7 Å². The normalized spacial score (nSPS) is 53.1. The lowest BCUT2D eigenvalue weighted by Crippen LogP contribution is -2.73. The molecule has 0 amide bonds. The molecule has 0 aromatic carbocycles. The Bertz CT molecular complexity index is 1040. The van der Waals surface area contributed by atoms with Gasteiger partial charge in [-0.1, -0.05) is 55.4 Å². The Labute approximate surface area is 220 Å². The van der Waals surface area contributed by atoms with E-state index in [1.807, 2.05) is 83.1 Å². The first kappa shape index (κ1) is 26.0. The highest BCUT2D eigenvalue weighted by atomic mass is 28.4. The maximum absolute atomic E-state index is 13.9. The van der Waals surface area contributed by atoms with Gasteiger partial charge in [-0.2, -0.15) is 0 Å². The van der Waals surface area contributed by atoms with E-state index in [0.717, 1.165) is 0 Å². The zero-order valence-electron chi connectivity index (χ0n) is 24.1. The molecule has 4 saturated carbocycles. The van der Waals surface area contributed by atoms with Gasteiger partial charge in [-0.25, -0.2) is 0 Å². The smallest absolute Gasteiger partial charge is 0.344 e. The number of ketones is 4. The summed E-state index contributed by atoms with van der Waals surface area (Å²) in [6.45, 7) is 21.8. The molecule has 0 unspecified atom stereocenters. The van der Waals surface area contributed by atoms with E-state index in [9.17, 15) is 19.2 Å². The van der Waals surface area contributed by atoms with Crippen molar-refractivity contribution < 1.29 is 36.9 Å². The van der Waals surface area contributed by atoms with Crippen LogP contribution in [0, 0.1) is 45.3 Å². The van der Waals surface area contributed by atoms with Crippen LogP contribution >= 0.6 is 0 Å². The van der Waals surface area contributed by atoms with E-state index < -0.39 is 76.8 Å². The number of hydrogen-bond donors (Lipinski definition) is 0. The van der Waals surface area contributed by atoms with Gasteiger partial charge in [0.2, 0.25) is 0 Å². The Hall–Kier alpha value is -1.26. The molecule has 6 aliphatic rings. The molecule has 1 spiro atoms. The van der Waals surface area contributed by atoms with Crippen LogP contribution in [0.5, 0.6) is 0 Å². The molecule has 0 radical (unpaired) electrons. The van der Waals surface area contributed by atoms with Crippen LogP contribution in [0.15, 0.2) is 0 Å². The molecule has 2 aliphatic heterocycles. The quantitative estimate of drug-likeness (QED) is 0.437. The summed E-state index contributed by atoms with van der Waals surface area (Å²) in [7, 11) is -4.26. The van der Waals surface area contributed by atoms with Crippen LogP contribution < -0.4 is 0 Å².